The standard InChI is InChI=1S/C16H19NO3S/c1-11(18)19-10-13-7-8-14-16(20-13)21-15(17-14)9-12-5-3-2-4-6-12/h2-6,13-14,16H,7-10H2,1H3/t13-,14-,16-/m1/s1. The van der Waals surface area contributed by atoms with Gasteiger partial charge in [-0.3, -0.25) is 9.79 Å². The van der Waals surface area contributed by atoms with Crippen LogP contribution in [0.25, 0.3) is 0 Å². The summed E-state index contributed by atoms with van der Waals surface area (Å²) in [6.45, 7) is 1.78. The van der Waals surface area contributed by atoms with Crippen LogP contribution in [0, 0.1) is 0 Å². The Kier molecular flexibility index (Phi) is 4.60. The summed E-state index contributed by atoms with van der Waals surface area (Å²) < 4.78 is 11.0. The molecule has 0 spiro atoms. The SMILES string of the molecule is CC(=O)OC[C@H]1CC[C@H]2N=C(Cc3ccccc3)S[C@H]2O1. The number of esters is 1. The van der Waals surface area contributed by atoms with Gasteiger partial charge in [0, 0.05) is 13.3 Å². The summed E-state index contributed by atoms with van der Waals surface area (Å²) in [5.41, 5.74) is 1.36. The van der Waals surface area contributed by atoms with Crippen LogP contribution in [-0.2, 0) is 20.7 Å². The minimum absolute atomic E-state index is 0.00826. The van der Waals surface area contributed by atoms with E-state index in [1.807, 2.05) is 18.2 Å². The maximum absolute atomic E-state index is 10.9. The molecule has 1 aromatic rings. The quantitative estimate of drug-likeness (QED) is 0.803. The van der Waals surface area contributed by atoms with E-state index in [2.05, 4.69) is 12.1 Å². The van der Waals surface area contributed by atoms with Crippen molar-refractivity contribution >= 4 is 22.8 Å². The fourth-order valence-electron chi connectivity index (χ4n) is 2.61. The van der Waals surface area contributed by atoms with Gasteiger partial charge in [-0.15, -0.1) is 0 Å². The molecule has 4 nitrogen and oxygen atoms in total. The maximum atomic E-state index is 10.9. The van der Waals surface area contributed by atoms with E-state index in [-0.39, 0.29) is 23.6 Å². The summed E-state index contributed by atoms with van der Waals surface area (Å²) in [7, 11) is 0. The van der Waals surface area contributed by atoms with E-state index >= 15 is 0 Å². The van der Waals surface area contributed by atoms with Gasteiger partial charge in [-0.1, -0.05) is 42.1 Å². The number of ether oxygens (including phenoxy) is 2. The van der Waals surface area contributed by atoms with E-state index in [4.69, 9.17) is 14.5 Å². The van der Waals surface area contributed by atoms with Gasteiger partial charge in [0.15, 0.2) is 0 Å². The lowest BCUT2D eigenvalue weighted by atomic mass is 10.1. The number of hydrogen-bond acceptors (Lipinski definition) is 5. The predicted octanol–water partition coefficient (Wildman–Crippen LogP) is 2.81. The zero-order valence-electron chi connectivity index (χ0n) is 12.0. The average Bonchev–Trinajstić information content (AvgIpc) is 2.87. The average molecular weight is 305 g/mol. The van der Waals surface area contributed by atoms with Crippen molar-refractivity contribution in [3.63, 3.8) is 0 Å². The van der Waals surface area contributed by atoms with Crippen LogP contribution in [0.1, 0.15) is 25.3 Å². The third kappa shape index (κ3) is 3.86. The van der Waals surface area contributed by atoms with Gasteiger partial charge in [-0.05, 0) is 18.4 Å². The Morgan fingerprint density at radius 2 is 2.19 bits per heavy atom. The Hall–Kier alpha value is -1.33. The predicted molar refractivity (Wildman–Crippen MR) is 83.5 cm³/mol. The summed E-state index contributed by atoms with van der Waals surface area (Å²) >= 11 is 1.71. The zero-order valence-corrected chi connectivity index (χ0v) is 12.8. The molecule has 112 valence electrons. The zero-order chi connectivity index (χ0) is 14.7. The Morgan fingerprint density at radius 3 is 2.95 bits per heavy atom. The second-order valence-electron chi connectivity index (χ2n) is 5.38. The number of fused-ring (bicyclic) bond motifs is 1. The van der Waals surface area contributed by atoms with Crippen molar-refractivity contribution in [3.8, 4) is 0 Å². The fraction of sp³-hybridized carbons (Fsp3) is 0.500. The lowest BCUT2D eigenvalue weighted by Crippen LogP contribution is -2.36. The molecule has 0 N–H and O–H groups in total. The number of carbonyl (C=O) groups is 1. The molecule has 0 aliphatic carbocycles. The molecule has 1 fully saturated rings. The van der Waals surface area contributed by atoms with Crippen LogP contribution >= 0.6 is 11.8 Å². The van der Waals surface area contributed by atoms with Gasteiger partial charge in [0.2, 0.25) is 0 Å². The first kappa shape index (κ1) is 14.6. The second kappa shape index (κ2) is 6.62. The molecule has 0 unspecified atom stereocenters. The first-order valence-electron chi connectivity index (χ1n) is 7.27. The van der Waals surface area contributed by atoms with Crippen LogP contribution in [0.3, 0.4) is 0 Å². The van der Waals surface area contributed by atoms with Crippen LogP contribution in [0.2, 0.25) is 0 Å². The number of rotatable bonds is 4. The van der Waals surface area contributed by atoms with Crippen molar-refractivity contribution in [2.75, 3.05) is 6.61 Å². The van der Waals surface area contributed by atoms with Crippen molar-refractivity contribution in [1.29, 1.82) is 0 Å². The summed E-state index contributed by atoms with van der Waals surface area (Å²) in [5, 5.41) is 1.14. The highest BCUT2D eigenvalue weighted by atomic mass is 32.2. The van der Waals surface area contributed by atoms with Gasteiger partial charge in [-0.2, -0.15) is 0 Å². The number of nitrogens with zero attached hydrogens (tertiary/aromatic N) is 1. The highest BCUT2D eigenvalue weighted by molar-refractivity contribution is 8.14. The van der Waals surface area contributed by atoms with E-state index in [1.165, 1.54) is 12.5 Å². The maximum Gasteiger partial charge on any atom is 0.302 e. The first-order valence-corrected chi connectivity index (χ1v) is 8.15. The number of hydrogen-bond donors (Lipinski definition) is 0. The molecular formula is C16H19NO3S. The smallest absolute Gasteiger partial charge is 0.302 e. The molecular weight excluding hydrogens is 286 g/mol. The van der Waals surface area contributed by atoms with E-state index in [9.17, 15) is 4.79 Å². The molecule has 3 atom stereocenters. The highest BCUT2D eigenvalue weighted by Gasteiger charge is 2.37. The monoisotopic (exact) mass is 305 g/mol. The lowest BCUT2D eigenvalue weighted by molar-refractivity contribution is -0.147. The van der Waals surface area contributed by atoms with Gasteiger partial charge in [0.05, 0.1) is 17.2 Å². The molecule has 2 heterocycles. The molecule has 21 heavy (non-hydrogen) atoms. The molecule has 1 aromatic carbocycles. The molecule has 5 heteroatoms. The fourth-order valence-corrected chi connectivity index (χ4v) is 3.89. The van der Waals surface area contributed by atoms with Crippen molar-refractivity contribution in [2.45, 2.75) is 43.8 Å². The Morgan fingerprint density at radius 1 is 1.38 bits per heavy atom. The van der Waals surface area contributed by atoms with Crippen LogP contribution in [-0.4, -0.2) is 35.2 Å². The largest absolute Gasteiger partial charge is 0.463 e. The summed E-state index contributed by atoms with van der Waals surface area (Å²) in [6.07, 6.45) is 2.78. The number of aliphatic imine (C=N–C) groups is 1. The molecule has 2 aliphatic rings. The summed E-state index contributed by atoms with van der Waals surface area (Å²) in [6, 6.07) is 10.6. The van der Waals surface area contributed by atoms with E-state index in [0.29, 0.717) is 6.61 Å². The van der Waals surface area contributed by atoms with E-state index in [1.54, 1.807) is 11.8 Å². The van der Waals surface area contributed by atoms with Gasteiger partial charge in [-0.25, -0.2) is 0 Å². The van der Waals surface area contributed by atoms with Gasteiger partial charge in [0.25, 0.3) is 0 Å². The van der Waals surface area contributed by atoms with Crippen LogP contribution in [0.15, 0.2) is 35.3 Å². The lowest BCUT2D eigenvalue weighted by Gasteiger charge is -2.30. The number of carbonyl (C=O) groups excluding carboxylic acids is 1. The minimum Gasteiger partial charge on any atom is -0.463 e. The van der Waals surface area contributed by atoms with Crippen molar-refractivity contribution < 1.29 is 14.3 Å². The second-order valence-corrected chi connectivity index (χ2v) is 6.55. The molecule has 0 radical (unpaired) electrons. The van der Waals surface area contributed by atoms with Crippen LogP contribution < -0.4 is 0 Å². The molecule has 3 rings (SSSR count). The topological polar surface area (TPSA) is 47.9 Å². The minimum atomic E-state index is -0.249. The van der Waals surface area contributed by atoms with Gasteiger partial charge >= 0.3 is 5.97 Å². The van der Waals surface area contributed by atoms with Crippen LogP contribution in [0.5, 0.6) is 0 Å². The number of thioether (sulfide) groups is 1. The van der Waals surface area contributed by atoms with Crippen LogP contribution in [0.4, 0.5) is 0 Å². The number of benzene rings is 1. The molecule has 0 bridgehead atoms. The van der Waals surface area contributed by atoms with Gasteiger partial charge in [0.1, 0.15) is 12.0 Å². The molecule has 1 saturated heterocycles. The Labute approximate surface area is 128 Å². The third-order valence-electron chi connectivity index (χ3n) is 3.66. The Bertz CT molecular complexity index is 532. The molecule has 0 amide bonds. The molecule has 0 aromatic heterocycles. The normalized spacial score (nSPS) is 27.9. The van der Waals surface area contributed by atoms with Gasteiger partial charge < -0.3 is 9.47 Å². The first-order chi connectivity index (χ1) is 10.2. The van der Waals surface area contributed by atoms with Crippen molar-refractivity contribution in [2.24, 2.45) is 4.99 Å². The van der Waals surface area contributed by atoms with Crippen molar-refractivity contribution in [3.05, 3.63) is 35.9 Å². The van der Waals surface area contributed by atoms with Crippen molar-refractivity contribution in [1.82, 2.24) is 0 Å². The summed E-state index contributed by atoms with van der Waals surface area (Å²) in [4.78, 5) is 15.6. The third-order valence-corrected chi connectivity index (χ3v) is 4.84. The molecule has 2 aliphatic heterocycles. The molecule has 0 saturated carbocycles. The highest BCUT2D eigenvalue weighted by Crippen LogP contribution is 2.37. The summed E-state index contributed by atoms with van der Waals surface area (Å²) in [5.74, 6) is -0.249. The van der Waals surface area contributed by atoms with E-state index in [0.717, 1.165) is 24.3 Å². The van der Waals surface area contributed by atoms with E-state index < -0.39 is 0 Å². The Balaban J connectivity index is 1.54.